The van der Waals surface area contributed by atoms with Crippen LogP contribution in [0.1, 0.15) is 37.3 Å². The number of benzene rings is 1. The lowest BCUT2D eigenvalue weighted by Crippen LogP contribution is -2.40. The lowest BCUT2D eigenvalue weighted by Gasteiger charge is -2.29. The summed E-state index contributed by atoms with van der Waals surface area (Å²) < 4.78 is 1.07. The summed E-state index contributed by atoms with van der Waals surface area (Å²) in [6.45, 7) is 1.37. The molecule has 0 bridgehead atoms. The lowest BCUT2D eigenvalue weighted by atomic mass is 10.0. The Morgan fingerprint density at radius 2 is 2.26 bits per heavy atom. The van der Waals surface area contributed by atoms with Crippen molar-refractivity contribution in [3.05, 3.63) is 34.3 Å². The summed E-state index contributed by atoms with van der Waals surface area (Å²) in [5, 5.41) is 0. The number of nitrogens with zero attached hydrogens (tertiary/aromatic N) is 1. The van der Waals surface area contributed by atoms with Crippen molar-refractivity contribution in [3.63, 3.8) is 0 Å². The smallest absolute Gasteiger partial charge is 0.230 e. The maximum atomic E-state index is 12.7. The van der Waals surface area contributed by atoms with E-state index in [0.29, 0.717) is 6.54 Å². The molecule has 2 fully saturated rings. The van der Waals surface area contributed by atoms with Crippen LogP contribution in [0.3, 0.4) is 0 Å². The summed E-state index contributed by atoms with van der Waals surface area (Å²) in [6.07, 6.45) is 4.07. The van der Waals surface area contributed by atoms with Crippen LogP contribution in [0.25, 0.3) is 0 Å². The molecule has 1 saturated carbocycles. The molecule has 0 aromatic heterocycles. The average Bonchev–Trinajstić information content (AvgIpc) is 3.07. The molecule has 1 heterocycles. The second-order valence-electron chi connectivity index (χ2n) is 5.70. The Kier molecular flexibility index (Phi) is 3.39. The topological polar surface area (TPSA) is 46.3 Å². The third-order valence-corrected chi connectivity index (χ3v) is 4.94. The van der Waals surface area contributed by atoms with Crippen molar-refractivity contribution >= 4 is 21.8 Å². The fourth-order valence-electron chi connectivity index (χ4n) is 3.03. The number of carbonyl (C=O) groups is 1. The van der Waals surface area contributed by atoms with Gasteiger partial charge in [-0.15, -0.1) is 0 Å². The van der Waals surface area contributed by atoms with Gasteiger partial charge in [0, 0.05) is 17.6 Å². The number of likely N-dealkylation sites (tertiary alicyclic amines) is 1. The second-order valence-corrected chi connectivity index (χ2v) is 6.61. The third kappa shape index (κ3) is 2.32. The minimum atomic E-state index is -0.228. The summed E-state index contributed by atoms with van der Waals surface area (Å²) in [7, 11) is 0. The van der Waals surface area contributed by atoms with Gasteiger partial charge in [0.25, 0.3) is 0 Å². The van der Waals surface area contributed by atoms with Gasteiger partial charge in [0.15, 0.2) is 0 Å². The van der Waals surface area contributed by atoms with Crippen LogP contribution in [0.15, 0.2) is 28.7 Å². The van der Waals surface area contributed by atoms with Crippen molar-refractivity contribution < 1.29 is 4.79 Å². The van der Waals surface area contributed by atoms with Gasteiger partial charge >= 0.3 is 0 Å². The fourth-order valence-corrected chi connectivity index (χ4v) is 3.45. The third-order valence-electron chi connectivity index (χ3n) is 4.45. The van der Waals surface area contributed by atoms with Gasteiger partial charge in [-0.05, 0) is 43.4 Å². The maximum Gasteiger partial charge on any atom is 0.230 e. The largest absolute Gasteiger partial charge is 0.335 e. The molecule has 1 atom stereocenters. The van der Waals surface area contributed by atoms with Crippen molar-refractivity contribution in [1.82, 2.24) is 4.90 Å². The minimum Gasteiger partial charge on any atom is -0.335 e. The molecule has 1 aromatic rings. The Hall–Kier alpha value is -0.870. The van der Waals surface area contributed by atoms with Gasteiger partial charge in [0.05, 0.1) is 11.5 Å². The van der Waals surface area contributed by atoms with E-state index in [1.165, 1.54) is 5.56 Å². The van der Waals surface area contributed by atoms with Gasteiger partial charge in [-0.2, -0.15) is 0 Å². The summed E-state index contributed by atoms with van der Waals surface area (Å²) in [5.74, 6) is 0.275. The van der Waals surface area contributed by atoms with Crippen LogP contribution >= 0.6 is 15.9 Å². The van der Waals surface area contributed by atoms with E-state index >= 15 is 0 Å². The number of halogens is 1. The Morgan fingerprint density at radius 1 is 1.47 bits per heavy atom. The van der Waals surface area contributed by atoms with Crippen LogP contribution in [0.5, 0.6) is 0 Å². The van der Waals surface area contributed by atoms with Gasteiger partial charge in [0.1, 0.15) is 0 Å². The van der Waals surface area contributed by atoms with Crippen LogP contribution in [0, 0.1) is 5.41 Å². The fraction of sp³-hybridized carbons (Fsp3) is 0.533. The first kappa shape index (κ1) is 13.1. The normalized spacial score (nSPS) is 24.5. The van der Waals surface area contributed by atoms with Gasteiger partial charge < -0.3 is 10.6 Å². The summed E-state index contributed by atoms with van der Waals surface area (Å²) >= 11 is 3.51. The molecular weight excluding hydrogens is 304 g/mol. The van der Waals surface area contributed by atoms with Crippen LogP contribution in [-0.2, 0) is 4.79 Å². The molecule has 0 spiro atoms. The van der Waals surface area contributed by atoms with Gasteiger partial charge in [0.2, 0.25) is 5.91 Å². The first-order valence-corrected chi connectivity index (χ1v) is 7.72. The van der Waals surface area contributed by atoms with E-state index in [9.17, 15) is 4.79 Å². The Morgan fingerprint density at radius 3 is 2.89 bits per heavy atom. The van der Waals surface area contributed by atoms with E-state index in [4.69, 9.17) is 5.73 Å². The summed E-state index contributed by atoms with van der Waals surface area (Å²) in [5.41, 5.74) is 6.79. The van der Waals surface area contributed by atoms with E-state index in [2.05, 4.69) is 33.0 Å². The number of hydrogen-bond donors (Lipinski definition) is 1. The van der Waals surface area contributed by atoms with Gasteiger partial charge in [-0.3, -0.25) is 4.79 Å². The first-order chi connectivity index (χ1) is 9.16. The molecule has 1 unspecified atom stereocenters. The molecule has 3 rings (SSSR count). The quantitative estimate of drug-likeness (QED) is 0.930. The van der Waals surface area contributed by atoms with Crippen molar-refractivity contribution in [2.75, 3.05) is 13.1 Å². The molecule has 2 aliphatic rings. The monoisotopic (exact) mass is 322 g/mol. The highest BCUT2D eigenvalue weighted by molar-refractivity contribution is 9.10. The van der Waals surface area contributed by atoms with E-state index < -0.39 is 0 Å². The van der Waals surface area contributed by atoms with Crippen molar-refractivity contribution in [3.8, 4) is 0 Å². The molecule has 1 amide bonds. The van der Waals surface area contributed by atoms with E-state index in [1.54, 1.807) is 0 Å². The van der Waals surface area contributed by atoms with Crippen molar-refractivity contribution in [2.24, 2.45) is 11.1 Å². The molecule has 3 nitrogen and oxygen atoms in total. The highest BCUT2D eigenvalue weighted by Crippen LogP contribution is 2.48. The van der Waals surface area contributed by atoms with E-state index in [1.807, 2.05) is 12.1 Å². The van der Waals surface area contributed by atoms with Crippen molar-refractivity contribution in [2.45, 2.75) is 31.7 Å². The predicted molar refractivity (Wildman–Crippen MR) is 78.6 cm³/mol. The minimum absolute atomic E-state index is 0.228. The Bertz CT molecular complexity index is 499. The molecular formula is C15H19BrN2O. The average molecular weight is 323 g/mol. The van der Waals surface area contributed by atoms with Crippen LogP contribution in [-0.4, -0.2) is 23.9 Å². The van der Waals surface area contributed by atoms with Crippen LogP contribution in [0.4, 0.5) is 0 Å². The van der Waals surface area contributed by atoms with E-state index in [-0.39, 0.29) is 17.4 Å². The van der Waals surface area contributed by atoms with Crippen LogP contribution < -0.4 is 5.73 Å². The molecule has 0 radical (unpaired) electrons. The highest BCUT2D eigenvalue weighted by Gasteiger charge is 2.52. The van der Waals surface area contributed by atoms with Crippen molar-refractivity contribution in [1.29, 1.82) is 0 Å². The molecule has 1 aliphatic heterocycles. The lowest BCUT2D eigenvalue weighted by molar-refractivity contribution is -0.137. The number of nitrogens with two attached hydrogens (primary N) is 1. The number of hydrogen-bond acceptors (Lipinski definition) is 2. The highest BCUT2D eigenvalue weighted by atomic mass is 79.9. The SMILES string of the molecule is NCC1(C(=O)N2CCCC2c2cccc(Br)c2)CC1. The molecule has 102 valence electrons. The predicted octanol–water partition coefficient (Wildman–Crippen LogP) is 2.85. The maximum absolute atomic E-state index is 12.7. The summed E-state index contributed by atoms with van der Waals surface area (Å²) in [4.78, 5) is 14.7. The Balaban J connectivity index is 1.84. The molecule has 1 saturated heterocycles. The zero-order valence-electron chi connectivity index (χ0n) is 10.9. The number of carbonyl (C=O) groups excluding carboxylic acids is 1. The second kappa shape index (κ2) is 4.91. The first-order valence-electron chi connectivity index (χ1n) is 6.93. The Labute approximate surface area is 122 Å². The zero-order valence-corrected chi connectivity index (χ0v) is 12.5. The zero-order chi connectivity index (χ0) is 13.5. The molecule has 1 aliphatic carbocycles. The molecule has 19 heavy (non-hydrogen) atoms. The number of rotatable bonds is 3. The van der Waals surface area contributed by atoms with Gasteiger partial charge in [-0.1, -0.05) is 28.1 Å². The summed E-state index contributed by atoms with van der Waals surface area (Å²) in [6, 6.07) is 8.53. The molecule has 1 aromatic carbocycles. The standard InChI is InChI=1S/C15H19BrN2O/c16-12-4-1-3-11(9-12)13-5-2-8-18(13)14(19)15(10-17)6-7-15/h1,3-4,9,13H,2,5-8,10,17H2. The van der Waals surface area contributed by atoms with Gasteiger partial charge in [-0.25, -0.2) is 0 Å². The number of amides is 1. The van der Waals surface area contributed by atoms with Crippen LogP contribution in [0.2, 0.25) is 0 Å². The van der Waals surface area contributed by atoms with E-state index in [0.717, 1.165) is 36.7 Å². The molecule has 4 heteroatoms. The molecule has 2 N–H and O–H groups in total.